The summed E-state index contributed by atoms with van der Waals surface area (Å²) in [4.78, 5) is 0. The molecule has 0 atom stereocenters. The van der Waals surface area contributed by atoms with E-state index >= 15 is 0 Å². The van der Waals surface area contributed by atoms with Gasteiger partial charge in [-0.2, -0.15) is 10.5 Å². The van der Waals surface area contributed by atoms with E-state index in [9.17, 15) is 10.5 Å². The molecule has 0 N–H and O–H groups in total. The molecule has 0 aliphatic heterocycles. The summed E-state index contributed by atoms with van der Waals surface area (Å²) in [6, 6.07) is 66.0. The Morgan fingerprint density at radius 3 is 1.42 bits per heavy atom. The predicted octanol–water partition coefficient (Wildman–Crippen LogP) is 12.4. The first-order valence-corrected chi connectivity index (χ1v) is 18.3. The maximum atomic E-state index is 10.1. The molecule has 0 bridgehead atoms. The number of para-hydroxylation sites is 5. The highest BCUT2D eigenvalue weighted by molar-refractivity contribution is 6.15. The predicted molar refractivity (Wildman–Crippen MR) is 224 cm³/mol. The van der Waals surface area contributed by atoms with Gasteiger partial charge in [0.2, 0.25) is 0 Å². The van der Waals surface area contributed by atoms with Crippen molar-refractivity contribution in [2.24, 2.45) is 0 Å². The van der Waals surface area contributed by atoms with Gasteiger partial charge in [-0.15, -0.1) is 0 Å². The summed E-state index contributed by atoms with van der Waals surface area (Å²) >= 11 is 0. The highest BCUT2D eigenvalue weighted by atomic mass is 15.1. The highest BCUT2D eigenvalue weighted by Gasteiger charge is 2.21. The summed E-state index contributed by atoms with van der Waals surface area (Å²) in [6.07, 6.45) is 0. The molecule has 8 aromatic carbocycles. The van der Waals surface area contributed by atoms with Crippen LogP contribution < -0.4 is 0 Å². The molecule has 0 amide bonds. The molecule has 0 saturated heterocycles. The van der Waals surface area contributed by atoms with Crippen LogP contribution in [0, 0.1) is 22.7 Å². The summed E-state index contributed by atoms with van der Waals surface area (Å²) in [5.41, 5.74) is 12.8. The van der Waals surface area contributed by atoms with Crippen molar-refractivity contribution in [1.29, 1.82) is 10.5 Å². The Morgan fingerprint density at radius 1 is 0.345 bits per heavy atom. The number of nitriles is 2. The maximum Gasteiger partial charge on any atom is 0.0992 e. The van der Waals surface area contributed by atoms with E-state index in [4.69, 9.17) is 0 Å². The van der Waals surface area contributed by atoms with Gasteiger partial charge in [-0.3, -0.25) is 0 Å². The summed E-state index contributed by atoms with van der Waals surface area (Å²) in [5.74, 6) is 0. The second kappa shape index (κ2) is 11.8. The van der Waals surface area contributed by atoms with Crippen LogP contribution in [0.15, 0.2) is 176 Å². The number of hydrogen-bond donors (Lipinski definition) is 0. The normalized spacial score (nSPS) is 11.6. The van der Waals surface area contributed by atoms with Gasteiger partial charge in [0.1, 0.15) is 0 Å². The monoisotopic (exact) mass is 699 g/mol. The van der Waals surface area contributed by atoms with E-state index in [1.807, 2.05) is 48.5 Å². The first-order valence-electron chi connectivity index (χ1n) is 18.3. The molecule has 0 aliphatic rings. The van der Waals surface area contributed by atoms with E-state index in [2.05, 4.69) is 153 Å². The van der Waals surface area contributed by atoms with Crippen LogP contribution in [0.25, 0.3) is 93.6 Å². The first kappa shape index (κ1) is 30.7. The third-order valence-corrected chi connectivity index (χ3v) is 11.1. The minimum Gasteiger partial charge on any atom is -0.309 e. The summed E-state index contributed by atoms with van der Waals surface area (Å²) in [6.45, 7) is 0. The van der Waals surface area contributed by atoms with E-state index in [-0.39, 0.29) is 0 Å². The smallest absolute Gasteiger partial charge is 0.0992 e. The van der Waals surface area contributed by atoms with Crippen LogP contribution >= 0.6 is 0 Å². The SMILES string of the molecule is N#Cc1ccc(-n2c3ccccc3c3ccc(C#N)cc32)c(-c2ccc(-n3c4ccccc4c4cccc(-n5c6ccccc6c6ccccc65)c43)cc2)c1. The average Bonchev–Trinajstić information content (AvgIpc) is 3.89. The molecule has 0 spiro atoms. The third-order valence-electron chi connectivity index (χ3n) is 11.1. The van der Waals surface area contributed by atoms with Gasteiger partial charge in [0, 0.05) is 43.6 Å². The third kappa shape index (κ3) is 4.45. The largest absolute Gasteiger partial charge is 0.309 e. The molecule has 0 saturated carbocycles. The standard InChI is InChI=1S/C50H29N5/c51-30-32-21-27-47(55-46-18-8-3-12-38(46)40-26-20-33(31-52)29-49(40)55)42(28-32)34-22-24-35(25-23-34)53-43-15-5-4-13-39(43)41-14-9-19-48(50(41)53)54-44-16-6-1-10-36(44)37-11-2-7-17-45(37)54/h1-29H. The lowest BCUT2D eigenvalue weighted by Gasteiger charge is -2.16. The van der Waals surface area contributed by atoms with E-state index in [0.717, 1.165) is 61.0 Å². The molecule has 0 radical (unpaired) electrons. The second-order valence-corrected chi connectivity index (χ2v) is 14.0. The number of rotatable bonds is 4. The summed E-state index contributed by atoms with van der Waals surface area (Å²) < 4.78 is 7.01. The van der Waals surface area contributed by atoms with Crippen LogP contribution in [0.4, 0.5) is 0 Å². The molecule has 0 fully saturated rings. The molecule has 11 aromatic rings. The number of hydrogen-bond acceptors (Lipinski definition) is 2. The molecule has 5 nitrogen and oxygen atoms in total. The Labute approximate surface area is 316 Å². The molecule has 254 valence electrons. The molecule has 5 heteroatoms. The van der Waals surface area contributed by atoms with Gasteiger partial charge in [0.15, 0.2) is 0 Å². The first-order chi connectivity index (χ1) is 27.2. The van der Waals surface area contributed by atoms with Crippen molar-refractivity contribution < 1.29 is 0 Å². The molecular formula is C50H29N5. The van der Waals surface area contributed by atoms with Gasteiger partial charge in [0.05, 0.1) is 67.7 Å². The lowest BCUT2D eigenvalue weighted by Crippen LogP contribution is -2.01. The molecule has 0 unspecified atom stereocenters. The number of fused-ring (bicyclic) bond motifs is 9. The van der Waals surface area contributed by atoms with E-state index in [1.165, 1.54) is 32.6 Å². The zero-order chi connectivity index (χ0) is 36.6. The highest BCUT2D eigenvalue weighted by Crippen LogP contribution is 2.41. The van der Waals surface area contributed by atoms with Crippen molar-refractivity contribution in [2.45, 2.75) is 0 Å². The van der Waals surface area contributed by atoms with Crippen molar-refractivity contribution in [2.75, 3.05) is 0 Å². The van der Waals surface area contributed by atoms with E-state index < -0.39 is 0 Å². The summed E-state index contributed by atoms with van der Waals surface area (Å²) in [5, 5.41) is 26.9. The maximum absolute atomic E-state index is 10.1. The molecule has 3 aromatic heterocycles. The van der Waals surface area contributed by atoms with E-state index in [1.54, 1.807) is 0 Å². The van der Waals surface area contributed by atoms with Crippen molar-refractivity contribution in [3.8, 4) is 40.3 Å². The Balaban J connectivity index is 1.15. The Bertz CT molecular complexity index is 3400. The van der Waals surface area contributed by atoms with Gasteiger partial charge in [0.25, 0.3) is 0 Å². The van der Waals surface area contributed by atoms with Crippen LogP contribution in [0.2, 0.25) is 0 Å². The number of aromatic nitrogens is 3. The lowest BCUT2D eigenvalue weighted by atomic mass is 10.00. The van der Waals surface area contributed by atoms with Crippen LogP contribution in [0.3, 0.4) is 0 Å². The number of nitrogens with zero attached hydrogens (tertiary/aromatic N) is 5. The molecule has 0 aliphatic carbocycles. The van der Waals surface area contributed by atoms with Crippen LogP contribution in [0.5, 0.6) is 0 Å². The minimum absolute atomic E-state index is 0.583. The lowest BCUT2D eigenvalue weighted by molar-refractivity contribution is 1.13. The topological polar surface area (TPSA) is 62.4 Å². The Hall–Kier alpha value is -7.86. The van der Waals surface area contributed by atoms with Crippen molar-refractivity contribution >= 4 is 65.4 Å². The van der Waals surface area contributed by atoms with Crippen LogP contribution in [-0.4, -0.2) is 13.7 Å². The molecule has 55 heavy (non-hydrogen) atoms. The van der Waals surface area contributed by atoms with Crippen molar-refractivity contribution in [3.63, 3.8) is 0 Å². The fourth-order valence-electron chi connectivity index (χ4n) is 8.75. The van der Waals surface area contributed by atoms with Gasteiger partial charge >= 0.3 is 0 Å². The fourth-order valence-corrected chi connectivity index (χ4v) is 8.75. The molecule has 11 rings (SSSR count). The Kier molecular flexibility index (Phi) is 6.61. The van der Waals surface area contributed by atoms with Crippen molar-refractivity contribution in [3.05, 3.63) is 187 Å². The molecule has 3 heterocycles. The van der Waals surface area contributed by atoms with Gasteiger partial charge in [-0.05, 0) is 78.4 Å². The van der Waals surface area contributed by atoms with Crippen molar-refractivity contribution in [1.82, 2.24) is 13.7 Å². The zero-order valence-corrected chi connectivity index (χ0v) is 29.5. The van der Waals surface area contributed by atoms with Gasteiger partial charge in [-0.25, -0.2) is 0 Å². The average molecular weight is 700 g/mol. The molecular weight excluding hydrogens is 671 g/mol. The quantitative estimate of drug-likeness (QED) is 0.184. The second-order valence-electron chi connectivity index (χ2n) is 14.0. The minimum atomic E-state index is 0.583. The fraction of sp³-hybridized carbons (Fsp3) is 0. The van der Waals surface area contributed by atoms with Gasteiger partial charge < -0.3 is 13.7 Å². The number of benzene rings is 8. The van der Waals surface area contributed by atoms with E-state index in [0.29, 0.717) is 11.1 Å². The zero-order valence-electron chi connectivity index (χ0n) is 29.5. The van der Waals surface area contributed by atoms with Crippen LogP contribution in [0.1, 0.15) is 11.1 Å². The van der Waals surface area contributed by atoms with Crippen LogP contribution in [-0.2, 0) is 0 Å². The van der Waals surface area contributed by atoms with Gasteiger partial charge in [-0.1, -0.05) is 103 Å². The Morgan fingerprint density at radius 2 is 0.818 bits per heavy atom. The summed E-state index contributed by atoms with van der Waals surface area (Å²) in [7, 11) is 0.